The van der Waals surface area contributed by atoms with Crippen LogP contribution in [0.4, 0.5) is 0 Å². The fourth-order valence-corrected chi connectivity index (χ4v) is 2.56. The number of hydrogen-bond acceptors (Lipinski definition) is 1. The van der Waals surface area contributed by atoms with Gasteiger partial charge in [-0.05, 0) is 6.42 Å². The second-order valence-electron chi connectivity index (χ2n) is 5.69. The van der Waals surface area contributed by atoms with Crippen LogP contribution in [0.5, 0.6) is 0 Å². The van der Waals surface area contributed by atoms with Gasteiger partial charge >= 0.3 is 0 Å². The van der Waals surface area contributed by atoms with Crippen LogP contribution in [0.3, 0.4) is 0 Å². The van der Waals surface area contributed by atoms with E-state index in [-0.39, 0.29) is 5.31 Å². The van der Waals surface area contributed by atoms with Crippen LogP contribution >= 0.6 is 0 Å². The van der Waals surface area contributed by atoms with E-state index >= 15 is 0 Å². The van der Waals surface area contributed by atoms with Gasteiger partial charge in [0.2, 0.25) is 0 Å². The molecule has 2 unspecified atom stereocenters. The van der Waals surface area contributed by atoms with Crippen LogP contribution in [0.2, 0.25) is 5.31 Å². The zero-order valence-electron chi connectivity index (χ0n) is 10.7. The molecule has 1 aliphatic rings. The quantitative estimate of drug-likeness (QED) is 0.684. The molecule has 86 valence electrons. The Morgan fingerprint density at radius 1 is 1.13 bits per heavy atom. The molecule has 1 saturated carbocycles. The smallest absolute Gasteiger partial charge is 0.0763 e. The average molecular weight is 207 g/mol. The highest BCUT2D eigenvalue weighted by Crippen LogP contribution is 2.36. The van der Waals surface area contributed by atoms with Gasteiger partial charge in [0.05, 0.1) is 7.85 Å². The fraction of sp³-hybridized carbons (Fsp3) is 1.00. The van der Waals surface area contributed by atoms with Gasteiger partial charge in [0.1, 0.15) is 0 Å². The second-order valence-corrected chi connectivity index (χ2v) is 5.69. The molecule has 1 aliphatic carbocycles. The first-order valence-electron chi connectivity index (χ1n) is 6.57. The van der Waals surface area contributed by atoms with E-state index in [1.807, 2.05) is 0 Å². The lowest BCUT2D eigenvalue weighted by Gasteiger charge is -2.37. The Balaban J connectivity index is 2.58. The van der Waals surface area contributed by atoms with Gasteiger partial charge in [-0.3, -0.25) is 0 Å². The van der Waals surface area contributed by atoms with Gasteiger partial charge in [0.25, 0.3) is 0 Å². The standard InChI is InChI=1S/C13H26BN/c1-11(2)15-12-9-7-5-4-6-8-10-13(12,3)14/h11-12,15H,4-10H2,1-3H3. The van der Waals surface area contributed by atoms with E-state index in [2.05, 4.69) is 26.1 Å². The predicted molar refractivity (Wildman–Crippen MR) is 68.5 cm³/mol. The lowest BCUT2D eigenvalue weighted by Crippen LogP contribution is -2.43. The highest BCUT2D eigenvalue weighted by molar-refractivity contribution is 6.15. The van der Waals surface area contributed by atoms with E-state index in [1.165, 1.54) is 38.5 Å². The molecule has 0 bridgehead atoms. The van der Waals surface area contributed by atoms with Crippen molar-refractivity contribution in [2.45, 2.75) is 83.1 Å². The average Bonchev–Trinajstić information content (AvgIpc) is 2.19. The molecule has 1 fully saturated rings. The summed E-state index contributed by atoms with van der Waals surface area (Å²) in [5, 5.41) is 3.62. The summed E-state index contributed by atoms with van der Waals surface area (Å²) >= 11 is 0. The van der Waals surface area contributed by atoms with Gasteiger partial charge in [0, 0.05) is 12.1 Å². The molecule has 1 nitrogen and oxygen atoms in total. The Morgan fingerprint density at radius 2 is 1.73 bits per heavy atom. The molecule has 2 atom stereocenters. The maximum atomic E-state index is 6.45. The first-order chi connectivity index (χ1) is 7.02. The van der Waals surface area contributed by atoms with Gasteiger partial charge in [-0.15, -0.1) is 0 Å². The number of rotatable bonds is 2. The van der Waals surface area contributed by atoms with E-state index < -0.39 is 0 Å². The predicted octanol–water partition coefficient (Wildman–Crippen LogP) is 3.44. The summed E-state index contributed by atoms with van der Waals surface area (Å²) in [5.74, 6) is 0. The molecule has 0 aromatic rings. The summed E-state index contributed by atoms with van der Waals surface area (Å²) in [4.78, 5) is 0. The second kappa shape index (κ2) is 5.93. The van der Waals surface area contributed by atoms with Gasteiger partial charge in [-0.1, -0.05) is 64.6 Å². The van der Waals surface area contributed by atoms with Crippen LogP contribution in [-0.4, -0.2) is 19.9 Å². The van der Waals surface area contributed by atoms with Crippen LogP contribution in [-0.2, 0) is 0 Å². The van der Waals surface area contributed by atoms with Crippen molar-refractivity contribution in [3.8, 4) is 0 Å². The van der Waals surface area contributed by atoms with E-state index in [9.17, 15) is 0 Å². The zero-order chi connectivity index (χ0) is 11.3. The summed E-state index contributed by atoms with van der Waals surface area (Å²) in [6.07, 6.45) is 9.17. The van der Waals surface area contributed by atoms with Crippen molar-refractivity contribution in [3.05, 3.63) is 0 Å². The molecule has 0 amide bonds. The Bertz CT molecular complexity index is 177. The Kier molecular flexibility index (Phi) is 5.18. The topological polar surface area (TPSA) is 12.0 Å². The van der Waals surface area contributed by atoms with Gasteiger partial charge in [-0.2, -0.15) is 0 Å². The van der Waals surface area contributed by atoms with Gasteiger partial charge in [0.15, 0.2) is 0 Å². The Hall–Kier alpha value is 0.0249. The minimum Gasteiger partial charge on any atom is -0.312 e. The van der Waals surface area contributed by atoms with Crippen molar-refractivity contribution in [3.63, 3.8) is 0 Å². The lowest BCUT2D eigenvalue weighted by atomic mass is 9.61. The fourth-order valence-electron chi connectivity index (χ4n) is 2.56. The van der Waals surface area contributed by atoms with Crippen LogP contribution in [0.15, 0.2) is 0 Å². The summed E-state index contributed by atoms with van der Waals surface area (Å²) in [6.45, 7) is 6.64. The van der Waals surface area contributed by atoms with Crippen LogP contribution < -0.4 is 5.32 Å². The Morgan fingerprint density at radius 3 is 2.40 bits per heavy atom. The highest BCUT2D eigenvalue weighted by atomic mass is 14.9. The van der Waals surface area contributed by atoms with Crippen molar-refractivity contribution in [2.24, 2.45) is 0 Å². The molecule has 0 spiro atoms. The molecule has 1 N–H and O–H groups in total. The molecule has 0 aromatic heterocycles. The van der Waals surface area contributed by atoms with Gasteiger partial charge < -0.3 is 5.32 Å². The van der Waals surface area contributed by atoms with Crippen LogP contribution in [0.25, 0.3) is 0 Å². The first kappa shape index (κ1) is 13.1. The summed E-state index contributed by atoms with van der Waals surface area (Å²) in [6, 6.07) is 1.04. The monoisotopic (exact) mass is 207 g/mol. The Labute approximate surface area is 96.8 Å². The molecular formula is C13H26BN. The molecule has 2 radical (unpaired) electrons. The third kappa shape index (κ3) is 4.59. The third-order valence-electron chi connectivity index (χ3n) is 3.54. The highest BCUT2D eigenvalue weighted by Gasteiger charge is 2.28. The number of hydrogen-bond donors (Lipinski definition) is 1. The summed E-state index contributed by atoms with van der Waals surface area (Å²) in [5.41, 5.74) is 0. The van der Waals surface area contributed by atoms with Crippen LogP contribution in [0.1, 0.15) is 65.7 Å². The molecule has 0 aliphatic heterocycles. The maximum Gasteiger partial charge on any atom is 0.0763 e. The van der Waals surface area contributed by atoms with Crippen molar-refractivity contribution in [1.29, 1.82) is 0 Å². The van der Waals surface area contributed by atoms with Crippen LogP contribution in [0, 0.1) is 0 Å². The van der Waals surface area contributed by atoms with Crippen molar-refractivity contribution in [1.82, 2.24) is 5.32 Å². The minimum absolute atomic E-state index is 0.0192. The minimum atomic E-state index is -0.0192. The molecule has 2 heteroatoms. The van der Waals surface area contributed by atoms with Crippen molar-refractivity contribution in [2.75, 3.05) is 0 Å². The molecule has 1 rings (SSSR count). The zero-order valence-corrected chi connectivity index (χ0v) is 10.7. The van der Waals surface area contributed by atoms with E-state index in [1.54, 1.807) is 0 Å². The number of nitrogens with one attached hydrogen (secondary N) is 1. The normalized spacial score (nSPS) is 34.5. The summed E-state index contributed by atoms with van der Waals surface area (Å²) in [7, 11) is 6.45. The largest absolute Gasteiger partial charge is 0.312 e. The maximum absolute atomic E-state index is 6.45. The van der Waals surface area contributed by atoms with E-state index in [0.717, 1.165) is 6.42 Å². The molecule has 15 heavy (non-hydrogen) atoms. The van der Waals surface area contributed by atoms with Crippen molar-refractivity contribution >= 4 is 7.85 Å². The van der Waals surface area contributed by atoms with Crippen molar-refractivity contribution < 1.29 is 0 Å². The lowest BCUT2D eigenvalue weighted by molar-refractivity contribution is 0.331. The SMILES string of the molecule is [B]C1(C)CCCCCCCC1NC(C)C. The molecule has 0 saturated heterocycles. The summed E-state index contributed by atoms with van der Waals surface area (Å²) < 4.78 is 0. The van der Waals surface area contributed by atoms with E-state index in [0.29, 0.717) is 12.1 Å². The third-order valence-corrected chi connectivity index (χ3v) is 3.54. The van der Waals surface area contributed by atoms with Gasteiger partial charge in [-0.25, -0.2) is 0 Å². The first-order valence-corrected chi connectivity index (χ1v) is 6.57. The van der Waals surface area contributed by atoms with E-state index in [4.69, 9.17) is 7.85 Å². The molecule has 0 heterocycles. The molecule has 0 aromatic carbocycles. The molecular weight excluding hydrogens is 181 g/mol.